The number of benzene rings is 2. The highest BCUT2D eigenvalue weighted by atomic mass is 31.2. The largest absolute Gasteiger partial charge is 0.475 e. The Morgan fingerprint density at radius 1 is 0.838 bits per heavy atom. The number of ether oxygens (including phenoxy) is 1. The third kappa shape index (κ3) is 15.8. The zero-order chi connectivity index (χ0) is 53.7. The zero-order valence-corrected chi connectivity index (χ0v) is 45.6. The number of aromatic nitrogens is 3. The van der Waals surface area contributed by atoms with Crippen LogP contribution in [0.4, 0.5) is 0 Å². The smallest absolute Gasteiger partial charge is 0.380 e. The number of Topliss-reactive ketones (excluding diaryl/α,β-unsaturated/α-hetero) is 1. The summed E-state index contributed by atoms with van der Waals surface area (Å²) in [6.07, 6.45) is 7.19. The molecule has 5 N–H and O–H groups in total. The van der Waals surface area contributed by atoms with E-state index in [2.05, 4.69) is 45.4 Å². The molecule has 4 unspecified atom stereocenters. The van der Waals surface area contributed by atoms with Gasteiger partial charge in [-0.3, -0.25) is 47.1 Å². The van der Waals surface area contributed by atoms with Crippen LogP contribution in [0.15, 0.2) is 66.9 Å². The van der Waals surface area contributed by atoms with Crippen LogP contribution in [-0.4, -0.2) is 130 Å². The molecule has 0 bridgehead atoms. The second-order valence-corrected chi connectivity index (χ2v) is 23.3. The lowest BCUT2D eigenvalue weighted by Crippen LogP contribution is -2.62. The molecule has 3 aliphatic rings. The molecule has 3 fully saturated rings. The zero-order valence-electron chi connectivity index (χ0n) is 44.7. The second kappa shape index (κ2) is 26.3. The maximum absolute atomic E-state index is 14.9. The first-order valence-corrected chi connectivity index (χ1v) is 27.9. The van der Waals surface area contributed by atoms with Gasteiger partial charge in [0.25, 0.3) is 0 Å². The fraction of sp³-hybridized carbons (Fsp3) is 0.648. The highest BCUT2D eigenvalue weighted by Crippen LogP contribution is 2.53. The van der Waals surface area contributed by atoms with Crippen molar-refractivity contribution in [3.05, 3.63) is 83.7 Å². The Balaban J connectivity index is 1.15. The van der Waals surface area contributed by atoms with Crippen molar-refractivity contribution < 1.29 is 52.0 Å². The molecule has 1 saturated heterocycles. The molecule has 2 aromatic carbocycles. The van der Waals surface area contributed by atoms with Crippen molar-refractivity contribution in [2.24, 2.45) is 29.6 Å². The molecule has 408 valence electrons. The number of carbonyl (C=O) groups is 5. The molecule has 20 heteroatoms. The van der Waals surface area contributed by atoms with Crippen LogP contribution in [-0.2, 0) is 72.8 Å². The number of hydrogen-bond acceptors (Lipinski definition) is 14. The standard InChI is InChI=1S/C54H81N8O11P/c1-9-39(6)18-16-17-25-62-33-42(59-60-62)35-72-74(69,70-8)73-36-52(7,68)50(66)53(31-43(53)37(2)3)57-49(65)46(30-41-21-14-11-15-22-41)56-51(67)54(32-44(54)38(4)5)58-48(64)45(24-23-40-19-12-10-13-20-40)55-47(63)34-61-26-28-71-29-27-61/h10-15,19-22,33,37-39,43-46,68H,9,16-18,23-32,34-36H2,1-8H3,(H,55,63)(H,56,67)(H,57,65)(H,58,64)/t39?,43-,44-,45-,46-,52+,53?,54?,74?/m0/s1. The lowest BCUT2D eigenvalue weighted by Gasteiger charge is -2.32. The molecule has 3 aromatic rings. The van der Waals surface area contributed by atoms with E-state index in [1.165, 1.54) is 6.92 Å². The van der Waals surface area contributed by atoms with Crippen molar-refractivity contribution in [1.82, 2.24) is 41.2 Å². The van der Waals surface area contributed by atoms with E-state index in [1.807, 2.05) is 93.3 Å². The van der Waals surface area contributed by atoms with E-state index >= 15 is 0 Å². The number of phosphoric ester groups is 1. The monoisotopic (exact) mass is 1050 g/mol. The summed E-state index contributed by atoms with van der Waals surface area (Å²) < 4.78 is 37.1. The van der Waals surface area contributed by atoms with Crippen LogP contribution in [0.1, 0.15) is 110 Å². The quantitative estimate of drug-likeness (QED) is 0.0404. The number of morpholine rings is 1. The minimum atomic E-state index is -4.35. The van der Waals surface area contributed by atoms with Crippen LogP contribution in [0, 0.1) is 29.6 Å². The van der Waals surface area contributed by atoms with Crippen molar-refractivity contribution in [2.75, 3.05) is 46.6 Å². The molecule has 4 amide bonds. The molecular weight excluding hydrogens is 968 g/mol. The summed E-state index contributed by atoms with van der Waals surface area (Å²) in [7, 11) is -3.23. The molecule has 6 rings (SSSR count). The van der Waals surface area contributed by atoms with Crippen molar-refractivity contribution in [1.29, 1.82) is 0 Å². The summed E-state index contributed by atoms with van der Waals surface area (Å²) in [5, 5.41) is 32.0. The van der Waals surface area contributed by atoms with Gasteiger partial charge in [-0.2, -0.15) is 0 Å². The Morgan fingerprint density at radius 2 is 1.45 bits per heavy atom. The third-order valence-electron chi connectivity index (χ3n) is 14.9. The van der Waals surface area contributed by atoms with Gasteiger partial charge in [-0.15, -0.1) is 5.10 Å². The van der Waals surface area contributed by atoms with E-state index in [4.69, 9.17) is 18.3 Å². The number of carbonyl (C=O) groups excluding carboxylic acids is 5. The summed E-state index contributed by atoms with van der Waals surface area (Å²) in [6, 6.07) is 16.5. The van der Waals surface area contributed by atoms with Crippen molar-refractivity contribution in [3.63, 3.8) is 0 Å². The fourth-order valence-electron chi connectivity index (χ4n) is 10.0. The molecule has 2 heterocycles. The number of nitrogens with one attached hydrogen (secondary N) is 4. The predicted octanol–water partition coefficient (Wildman–Crippen LogP) is 5.34. The Morgan fingerprint density at radius 3 is 2.05 bits per heavy atom. The normalized spacial score (nSPS) is 23.4. The van der Waals surface area contributed by atoms with E-state index in [1.54, 1.807) is 10.9 Å². The molecular formula is C54H81N8O11P. The van der Waals surface area contributed by atoms with Gasteiger partial charge in [-0.05, 0) is 79.7 Å². The molecule has 1 aliphatic heterocycles. The highest BCUT2D eigenvalue weighted by molar-refractivity contribution is 7.48. The number of phosphoric acid groups is 1. The summed E-state index contributed by atoms with van der Waals surface area (Å²) >= 11 is 0. The molecule has 74 heavy (non-hydrogen) atoms. The minimum Gasteiger partial charge on any atom is -0.380 e. The van der Waals surface area contributed by atoms with Crippen LogP contribution >= 0.6 is 7.82 Å². The van der Waals surface area contributed by atoms with Gasteiger partial charge >= 0.3 is 7.82 Å². The molecule has 0 radical (unpaired) electrons. The Labute approximate surface area is 436 Å². The van der Waals surface area contributed by atoms with Crippen LogP contribution in [0.5, 0.6) is 0 Å². The SMILES string of the molecule is CCC(C)CCCCn1cc(COP(=O)(OC)OC[C@@](C)(O)C(=O)C2(NC(=O)[C@H](Cc3ccccc3)NC(=O)C3(NC(=O)[C@H](CCc4ccccc4)NC(=O)CN4CCOCC4)C[C@H]3C(C)C)C[C@H]2C(C)C)nn1. The topological polar surface area (TPSA) is 242 Å². The summed E-state index contributed by atoms with van der Waals surface area (Å²) in [5.41, 5.74) is -3.20. The second-order valence-electron chi connectivity index (χ2n) is 21.5. The maximum Gasteiger partial charge on any atom is 0.475 e. The lowest BCUT2D eigenvalue weighted by molar-refractivity contribution is -0.145. The number of aliphatic hydroxyl groups is 1. The number of rotatable bonds is 31. The number of hydrogen-bond donors (Lipinski definition) is 5. The molecule has 19 nitrogen and oxygen atoms in total. The summed E-state index contributed by atoms with van der Waals surface area (Å²) in [5.74, 6) is -3.08. The van der Waals surface area contributed by atoms with Gasteiger partial charge in [-0.1, -0.05) is 127 Å². The maximum atomic E-state index is 14.9. The molecule has 9 atom stereocenters. The Hall–Kier alpha value is -4.88. The number of unbranched alkanes of at least 4 members (excludes halogenated alkanes) is 1. The van der Waals surface area contributed by atoms with E-state index in [0.717, 1.165) is 43.9 Å². The predicted molar refractivity (Wildman–Crippen MR) is 278 cm³/mol. The van der Waals surface area contributed by atoms with Crippen molar-refractivity contribution in [3.8, 4) is 0 Å². The van der Waals surface area contributed by atoms with Gasteiger partial charge in [0.1, 0.15) is 41.1 Å². The molecule has 0 spiro atoms. The Bertz CT molecular complexity index is 2380. The van der Waals surface area contributed by atoms with Crippen LogP contribution in [0.3, 0.4) is 0 Å². The van der Waals surface area contributed by atoms with Gasteiger partial charge < -0.3 is 31.1 Å². The van der Waals surface area contributed by atoms with E-state index in [0.29, 0.717) is 57.3 Å². The van der Waals surface area contributed by atoms with Crippen LogP contribution < -0.4 is 21.3 Å². The molecule has 2 aliphatic carbocycles. The van der Waals surface area contributed by atoms with Gasteiger partial charge in [0.05, 0.1) is 32.6 Å². The fourth-order valence-corrected chi connectivity index (χ4v) is 11.0. The number of amides is 4. The van der Waals surface area contributed by atoms with Crippen LogP contribution in [0.25, 0.3) is 0 Å². The van der Waals surface area contributed by atoms with Gasteiger partial charge in [0.15, 0.2) is 5.78 Å². The lowest BCUT2D eigenvalue weighted by atomic mass is 9.89. The average Bonchev–Trinajstić information content (AvgIpc) is 4.27. The van der Waals surface area contributed by atoms with Gasteiger partial charge in [0, 0.05) is 33.2 Å². The number of ketones is 1. The van der Waals surface area contributed by atoms with Gasteiger partial charge in [-0.25, -0.2) is 4.57 Å². The van der Waals surface area contributed by atoms with Gasteiger partial charge in [0.2, 0.25) is 23.6 Å². The first-order valence-electron chi connectivity index (χ1n) is 26.5. The summed E-state index contributed by atoms with van der Waals surface area (Å²) in [6.45, 7) is 15.2. The first kappa shape index (κ1) is 58.4. The van der Waals surface area contributed by atoms with E-state index < -0.39 is 72.6 Å². The first-order chi connectivity index (χ1) is 35.2. The molecule has 2 saturated carbocycles. The number of aryl methyl sites for hydroxylation is 2. The Kier molecular flexibility index (Phi) is 20.7. The van der Waals surface area contributed by atoms with E-state index in [9.17, 15) is 33.6 Å². The van der Waals surface area contributed by atoms with Crippen LogP contribution in [0.2, 0.25) is 0 Å². The average molecular weight is 1050 g/mol. The van der Waals surface area contributed by atoms with Crippen molar-refractivity contribution >= 4 is 37.2 Å². The third-order valence-corrected chi connectivity index (χ3v) is 16.3. The van der Waals surface area contributed by atoms with E-state index in [-0.39, 0.29) is 56.1 Å². The molecule has 1 aromatic heterocycles. The summed E-state index contributed by atoms with van der Waals surface area (Å²) in [4.78, 5) is 74.2. The number of nitrogens with zero attached hydrogens (tertiary/aromatic N) is 4. The minimum absolute atomic E-state index is 0.0303. The highest BCUT2D eigenvalue weighted by Gasteiger charge is 2.66. The van der Waals surface area contributed by atoms with Crippen molar-refractivity contribution in [2.45, 2.75) is 148 Å².